The Bertz CT molecular complexity index is 382. The maximum absolute atomic E-state index is 11.1. The van der Waals surface area contributed by atoms with Crippen LogP contribution < -0.4 is 5.32 Å². The van der Waals surface area contributed by atoms with Crippen molar-refractivity contribution in [2.24, 2.45) is 0 Å². The molecule has 0 radical (unpaired) electrons. The molecule has 3 heteroatoms. The van der Waals surface area contributed by atoms with Crippen LogP contribution in [-0.4, -0.2) is 19.1 Å². The van der Waals surface area contributed by atoms with Crippen molar-refractivity contribution in [1.29, 1.82) is 0 Å². The summed E-state index contributed by atoms with van der Waals surface area (Å²) in [4.78, 5) is 11.1. The molecule has 3 nitrogen and oxygen atoms in total. The molecule has 92 valence electrons. The summed E-state index contributed by atoms with van der Waals surface area (Å²) in [6, 6.07) is 8.23. The lowest BCUT2D eigenvalue weighted by molar-refractivity contribution is -0.138. The topological polar surface area (TPSA) is 38.3 Å². The molecule has 1 aromatic rings. The van der Waals surface area contributed by atoms with Crippen molar-refractivity contribution in [2.75, 3.05) is 18.5 Å². The van der Waals surface area contributed by atoms with Gasteiger partial charge in [0.25, 0.3) is 0 Å². The lowest BCUT2D eigenvalue weighted by Crippen LogP contribution is -2.13. The predicted molar refractivity (Wildman–Crippen MR) is 70.1 cm³/mol. The van der Waals surface area contributed by atoms with Crippen molar-refractivity contribution < 1.29 is 9.53 Å². The minimum absolute atomic E-state index is 0.340. The zero-order chi connectivity index (χ0) is 12.7. The first-order valence-electron chi connectivity index (χ1n) is 5.79. The molecule has 0 bridgehead atoms. The highest BCUT2D eigenvalue weighted by atomic mass is 16.5. The second-order valence-electron chi connectivity index (χ2n) is 3.89. The first-order chi connectivity index (χ1) is 8.13. The number of hydrogen-bond donors (Lipinski definition) is 1. The van der Waals surface area contributed by atoms with E-state index in [1.165, 1.54) is 5.56 Å². The number of rotatable bonds is 6. The van der Waals surface area contributed by atoms with E-state index in [1.54, 1.807) is 6.92 Å². The maximum Gasteiger partial charge on any atom is 0.333 e. The van der Waals surface area contributed by atoms with Crippen molar-refractivity contribution in [3.8, 4) is 0 Å². The largest absolute Gasteiger partial charge is 0.460 e. The molecule has 1 rings (SSSR count). The Morgan fingerprint density at radius 3 is 2.53 bits per heavy atom. The molecule has 0 aliphatic carbocycles. The van der Waals surface area contributed by atoms with Crippen molar-refractivity contribution in [1.82, 2.24) is 0 Å². The molecule has 1 aromatic carbocycles. The molecular weight excluding hydrogens is 214 g/mol. The van der Waals surface area contributed by atoms with Gasteiger partial charge >= 0.3 is 5.97 Å². The lowest BCUT2D eigenvalue weighted by atomic mass is 10.1. The number of anilines is 1. The van der Waals surface area contributed by atoms with Crippen molar-refractivity contribution >= 4 is 11.7 Å². The average Bonchev–Trinajstić information content (AvgIpc) is 2.35. The Hall–Kier alpha value is -1.77. The van der Waals surface area contributed by atoms with Crippen LogP contribution in [-0.2, 0) is 16.0 Å². The fourth-order valence-electron chi connectivity index (χ4n) is 1.32. The van der Waals surface area contributed by atoms with Gasteiger partial charge < -0.3 is 10.1 Å². The van der Waals surface area contributed by atoms with E-state index in [-0.39, 0.29) is 5.97 Å². The first kappa shape index (κ1) is 13.3. The molecule has 0 aliphatic rings. The first-order valence-corrected chi connectivity index (χ1v) is 5.79. The fraction of sp³-hybridized carbons (Fsp3) is 0.357. The van der Waals surface area contributed by atoms with Gasteiger partial charge in [-0.25, -0.2) is 4.79 Å². The molecule has 1 N–H and O–H groups in total. The average molecular weight is 233 g/mol. The highest BCUT2D eigenvalue weighted by molar-refractivity contribution is 5.86. The SMILES string of the molecule is C=C(C)C(=O)OCCNc1ccc(CC)cc1. The molecule has 0 saturated heterocycles. The van der Waals surface area contributed by atoms with Gasteiger partial charge in [-0.05, 0) is 31.0 Å². The molecule has 0 unspecified atom stereocenters. The van der Waals surface area contributed by atoms with E-state index in [1.807, 2.05) is 12.1 Å². The Kier molecular flexibility index (Phi) is 5.27. The molecule has 0 amide bonds. The van der Waals surface area contributed by atoms with Crippen molar-refractivity contribution in [3.63, 3.8) is 0 Å². The normalized spacial score (nSPS) is 9.76. The molecule has 0 spiro atoms. The van der Waals surface area contributed by atoms with Crippen LogP contribution in [0, 0.1) is 0 Å². The third-order valence-corrected chi connectivity index (χ3v) is 2.37. The molecule has 0 aliphatic heterocycles. The fourth-order valence-corrected chi connectivity index (χ4v) is 1.32. The van der Waals surface area contributed by atoms with Crippen LogP contribution in [0.5, 0.6) is 0 Å². The molecule has 0 fully saturated rings. The number of esters is 1. The zero-order valence-electron chi connectivity index (χ0n) is 10.5. The van der Waals surface area contributed by atoms with E-state index >= 15 is 0 Å². The monoisotopic (exact) mass is 233 g/mol. The van der Waals surface area contributed by atoms with E-state index < -0.39 is 0 Å². The second-order valence-corrected chi connectivity index (χ2v) is 3.89. The molecule has 0 saturated carbocycles. The molecule has 0 atom stereocenters. The van der Waals surface area contributed by atoms with Crippen LogP contribution in [0.3, 0.4) is 0 Å². The number of nitrogens with one attached hydrogen (secondary N) is 1. The van der Waals surface area contributed by atoms with Gasteiger partial charge in [0.1, 0.15) is 6.61 Å². The van der Waals surface area contributed by atoms with E-state index in [2.05, 4.69) is 31.0 Å². The van der Waals surface area contributed by atoms with Crippen molar-refractivity contribution in [3.05, 3.63) is 42.0 Å². The quantitative estimate of drug-likeness (QED) is 0.466. The summed E-state index contributed by atoms with van der Waals surface area (Å²) in [6.07, 6.45) is 1.04. The molecule has 0 heterocycles. The van der Waals surface area contributed by atoms with E-state index in [9.17, 15) is 4.79 Å². The Morgan fingerprint density at radius 1 is 1.35 bits per heavy atom. The minimum Gasteiger partial charge on any atom is -0.460 e. The Morgan fingerprint density at radius 2 is 2.00 bits per heavy atom. The van der Waals surface area contributed by atoms with Gasteiger partial charge in [0, 0.05) is 17.8 Å². The summed E-state index contributed by atoms with van der Waals surface area (Å²) in [5, 5.41) is 3.18. The van der Waals surface area contributed by atoms with Crippen LogP contribution in [0.1, 0.15) is 19.4 Å². The molecule has 17 heavy (non-hydrogen) atoms. The van der Waals surface area contributed by atoms with Crippen LogP contribution in [0.4, 0.5) is 5.69 Å². The number of ether oxygens (including phenoxy) is 1. The van der Waals surface area contributed by atoms with Crippen LogP contribution in [0.25, 0.3) is 0 Å². The van der Waals surface area contributed by atoms with Gasteiger partial charge in [-0.15, -0.1) is 0 Å². The second kappa shape index (κ2) is 6.74. The van der Waals surface area contributed by atoms with Crippen molar-refractivity contribution in [2.45, 2.75) is 20.3 Å². The molecule has 0 aromatic heterocycles. The van der Waals surface area contributed by atoms with E-state index in [0.717, 1.165) is 12.1 Å². The Balaban J connectivity index is 2.26. The smallest absolute Gasteiger partial charge is 0.333 e. The lowest BCUT2D eigenvalue weighted by Gasteiger charge is -2.08. The zero-order valence-corrected chi connectivity index (χ0v) is 10.5. The number of benzene rings is 1. The number of aryl methyl sites for hydroxylation is 1. The summed E-state index contributed by atoms with van der Waals surface area (Å²) in [6.45, 7) is 8.23. The van der Waals surface area contributed by atoms with Crippen LogP contribution in [0.2, 0.25) is 0 Å². The van der Waals surface area contributed by atoms with Gasteiger partial charge in [0.2, 0.25) is 0 Å². The molecular formula is C14H19NO2. The van der Waals surface area contributed by atoms with Crippen LogP contribution >= 0.6 is 0 Å². The number of carbonyl (C=O) groups excluding carboxylic acids is 1. The van der Waals surface area contributed by atoms with Gasteiger partial charge in [-0.2, -0.15) is 0 Å². The minimum atomic E-state index is -0.340. The van der Waals surface area contributed by atoms with Gasteiger partial charge in [0.15, 0.2) is 0 Å². The maximum atomic E-state index is 11.1. The summed E-state index contributed by atoms with van der Waals surface area (Å²) < 4.78 is 4.97. The predicted octanol–water partition coefficient (Wildman–Crippen LogP) is 2.78. The highest BCUT2D eigenvalue weighted by Crippen LogP contribution is 2.09. The summed E-state index contributed by atoms with van der Waals surface area (Å²) in [5.74, 6) is -0.340. The third-order valence-electron chi connectivity index (χ3n) is 2.37. The Labute approximate surface area is 102 Å². The number of carbonyl (C=O) groups is 1. The summed E-state index contributed by atoms with van der Waals surface area (Å²) >= 11 is 0. The van der Waals surface area contributed by atoms with Crippen LogP contribution in [0.15, 0.2) is 36.4 Å². The summed E-state index contributed by atoms with van der Waals surface area (Å²) in [7, 11) is 0. The van der Waals surface area contributed by atoms with E-state index in [0.29, 0.717) is 18.7 Å². The highest BCUT2D eigenvalue weighted by Gasteiger charge is 2.01. The van der Waals surface area contributed by atoms with Gasteiger partial charge in [0.05, 0.1) is 0 Å². The van der Waals surface area contributed by atoms with E-state index in [4.69, 9.17) is 4.74 Å². The van der Waals surface area contributed by atoms with Gasteiger partial charge in [-0.1, -0.05) is 25.6 Å². The van der Waals surface area contributed by atoms with Gasteiger partial charge in [-0.3, -0.25) is 0 Å². The summed E-state index contributed by atoms with van der Waals surface area (Å²) in [5.41, 5.74) is 2.77. The standard InChI is InChI=1S/C14H19NO2/c1-4-12-5-7-13(8-6-12)15-9-10-17-14(16)11(2)3/h5-8,15H,2,4,9-10H2,1,3H3. The number of hydrogen-bond acceptors (Lipinski definition) is 3. The third kappa shape index (κ3) is 4.72.